The number of thiocarbonyl (C=S) groups is 1. The lowest BCUT2D eigenvalue weighted by atomic mass is 10.2. The number of para-hydroxylation sites is 1. The van der Waals surface area contributed by atoms with Crippen LogP contribution in [0.4, 0.5) is 5.69 Å². The number of hydrazone groups is 1. The van der Waals surface area contributed by atoms with Gasteiger partial charge in [0.2, 0.25) is 5.11 Å². The minimum absolute atomic E-state index is 0.156. The Morgan fingerprint density at radius 3 is 2.64 bits per heavy atom. The Balaban J connectivity index is 1.88. The van der Waals surface area contributed by atoms with E-state index in [2.05, 4.69) is 15.8 Å². The Labute approximate surface area is 136 Å². The van der Waals surface area contributed by atoms with Crippen LogP contribution in [0, 0.1) is 0 Å². The maximum atomic E-state index is 5.65. The Morgan fingerprint density at radius 1 is 1.14 bits per heavy atom. The molecule has 0 fully saturated rings. The van der Waals surface area contributed by atoms with Crippen molar-refractivity contribution in [3.05, 3.63) is 60.2 Å². The maximum Gasteiger partial charge on any atom is 0.228 e. The molecule has 3 N–H and O–H groups in total. The number of anilines is 1. The molecule has 0 aliphatic carbocycles. The van der Waals surface area contributed by atoms with Crippen molar-refractivity contribution in [2.75, 3.05) is 5.32 Å². The third kappa shape index (κ3) is 5.54. The highest BCUT2D eigenvalue weighted by Crippen LogP contribution is 2.13. The number of hydrazine groups is 1. The standard InChI is InChI=1S/C17H19N3OS/c1-13(2)21-16-10-6-7-14(11-16)12-18-20-17(22)19-15-8-4-3-5-9-15/h3-13H,1-2H3,(H2,19,20,22)/p+1. The molecular weight excluding hydrogens is 294 g/mol. The van der Waals surface area contributed by atoms with Crippen molar-refractivity contribution in [1.29, 1.82) is 0 Å². The van der Waals surface area contributed by atoms with Gasteiger partial charge in [-0.3, -0.25) is 0 Å². The molecule has 0 amide bonds. The molecule has 0 saturated carbocycles. The summed E-state index contributed by atoms with van der Waals surface area (Å²) >= 11 is 5.20. The molecule has 2 aromatic carbocycles. The van der Waals surface area contributed by atoms with Gasteiger partial charge in [0.1, 0.15) is 5.75 Å². The van der Waals surface area contributed by atoms with Crippen molar-refractivity contribution in [1.82, 2.24) is 5.43 Å². The highest BCUT2D eigenvalue weighted by Gasteiger charge is 2.00. The maximum absolute atomic E-state index is 5.65. The molecule has 0 unspecified atom stereocenters. The Morgan fingerprint density at radius 2 is 1.91 bits per heavy atom. The molecule has 0 saturated heterocycles. The van der Waals surface area contributed by atoms with Crippen molar-refractivity contribution in [3.8, 4) is 5.75 Å². The van der Waals surface area contributed by atoms with E-state index in [1.54, 1.807) is 0 Å². The number of hydrogen-bond acceptors (Lipinski definition) is 2. The van der Waals surface area contributed by atoms with E-state index in [1.807, 2.05) is 74.7 Å². The highest BCUT2D eigenvalue weighted by atomic mass is 32.1. The van der Waals surface area contributed by atoms with Gasteiger partial charge in [-0.25, -0.2) is 0 Å². The topological polar surface area (TPSA) is 47.3 Å². The molecule has 5 heteroatoms. The zero-order valence-electron chi connectivity index (χ0n) is 12.7. The molecule has 4 nitrogen and oxygen atoms in total. The highest BCUT2D eigenvalue weighted by molar-refractivity contribution is 7.80. The van der Waals surface area contributed by atoms with Gasteiger partial charge in [0.05, 0.1) is 6.10 Å². The molecular formula is C17H20N3OS+. The molecule has 114 valence electrons. The molecule has 0 aliphatic heterocycles. The van der Waals surface area contributed by atoms with Crippen LogP contribution in [0.2, 0.25) is 0 Å². The summed E-state index contributed by atoms with van der Waals surface area (Å²) in [4.78, 5) is 0. The average molecular weight is 314 g/mol. The Kier molecular flexibility index (Phi) is 5.91. The van der Waals surface area contributed by atoms with Crippen molar-refractivity contribution in [2.24, 2.45) is 0 Å². The number of benzene rings is 2. The molecule has 22 heavy (non-hydrogen) atoms. The molecule has 0 bridgehead atoms. The monoisotopic (exact) mass is 314 g/mol. The van der Waals surface area contributed by atoms with Gasteiger partial charge in [-0.05, 0) is 56.4 Å². The van der Waals surface area contributed by atoms with Gasteiger partial charge in [-0.2, -0.15) is 0 Å². The lowest BCUT2D eigenvalue weighted by Crippen LogP contribution is -2.82. The van der Waals surface area contributed by atoms with Crippen LogP contribution in [-0.2, 0) is 0 Å². The fourth-order valence-electron chi connectivity index (χ4n) is 1.82. The first-order valence-electron chi connectivity index (χ1n) is 7.11. The van der Waals surface area contributed by atoms with Crippen LogP contribution in [-0.4, -0.2) is 17.4 Å². The van der Waals surface area contributed by atoms with Crippen LogP contribution >= 0.6 is 12.2 Å². The first-order chi connectivity index (χ1) is 10.6. The van der Waals surface area contributed by atoms with Crippen molar-refractivity contribution in [3.63, 3.8) is 0 Å². The zero-order chi connectivity index (χ0) is 15.8. The number of hydrogen-bond donors (Lipinski definition) is 3. The second-order valence-electron chi connectivity index (χ2n) is 4.97. The van der Waals surface area contributed by atoms with E-state index in [1.165, 1.54) is 0 Å². The second-order valence-corrected chi connectivity index (χ2v) is 5.38. The second kappa shape index (κ2) is 8.14. The van der Waals surface area contributed by atoms with Crippen LogP contribution in [0.15, 0.2) is 54.6 Å². The normalized spacial score (nSPS) is 10.7. The van der Waals surface area contributed by atoms with Gasteiger partial charge in [0, 0.05) is 11.3 Å². The number of rotatable bonds is 5. The van der Waals surface area contributed by atoms with Crippen molar-refractivity contribution < 1.29 is 9.84 Å². The lowest BCUT2D eigenvalue weighted by Gasteiger charge is -2.09. The van der Waals surface area contributed by atoms with Gasteiger partial charge in [0.25, 0.3) is 0 Å². The summed E-state index contributed by atoms with van der Waals surface area (Å²) in [5.41, 5.74) is 4.85. The first-order valence-corrected chi connectivity index (χ1v) is 7.52. The fraction of sp³-hybridized carbons (Fsp3) is 0.176. The summed E-state index contributed by atoms with van der Waals surface area (Å²) in [5, 5.41) is 6.54. The third-order valence-electron chi connectivity index (χ3n) is 2.69. The molecule has 0 heterocycles. The number of nitrogens with one attached hydrogen (secondary N) is 3. The molecule has 0 spiro atoms. The summed E-state index contributed by atoms with van der Waals surface area (Å²) in [6.45, 7) is 4.01. The van der Waals surface area contributed by atoms with Crippen molar-refractivity contribution in [2.45, 2.75) is 20.0 Å². The zero-order valence-corrected chi connectivity index (χ0v) is 13.5. The summed E-state index contributed by atoms with van der Waals surface area (Å²) in [6.07, 6.45) is 1.98. The first kappa shape index (κ1) is 16.0. The van der Waals surface area contributed by atoms with E-state index in [0.717, 1.165) is 17.0 Å². The smallest absolute Gasteiger partial charge is 0.228 e. The van der Waals surface area contributed by atoms with Gasteiger partial charge < -0.3 is 10.1 Å². The number of ether oxygens (including phenoxy) is 1. The summed E-state index contributed by atoms with van der Waals surface area (Å²) < 4.78 is 5.65. The summed E-state index contributed by atoms with van der Waals surface area (Å²) in [6, 6.07) is 17.6. The van der Waals surface area contributed by atoms with Gasteiger partial charge in [0.15, 0.2) is 6.21 Å². The van der Waals surface area contributed by atoms with Crippen LogP contribution in [0.1, 0.15) is 19.4 Å². The largest absolute Gasteiger partial charge is 0.491 e. The summed E-state index contributed by atoms with van der Waals surface area (Å²) in [5.74, 6) is 0.843. The van der Waals surface area contributed by atoms with Crippen LogP contribution in [0.5, 0.6) is 5.75 Å². The predicted octanol–water partition coefficient (Wildman–Crippen LogP) is 1.87. The minimum Gasteiger partial charge on any atom is -0.491 e. The molecule has 2 rings (SSSR count). The van der Waals surface area contributed by atoms with E-state index in [-0.39, 0.29) is 6.10 Å². The Hall–Kier alpha value is -2.40. The van der Waals surface area contributed by atoms with E-state index in [0.29, 0.717) is 5.11 Å². The van der Waals surface area contributed by atoms with Crippen LogP contribution in [0.3, 0.4) is 0 Å². The van der Waals surface area contributed by atoms with Crippen LogP contribution < -0.4 is 20.6 Å². The SMILES string of the molecule is CC(C)Oc1cccc(C=[NH+]NC(=S)Nc2ccccc2)c1. The third-order valence-corrected chi connectivity index (χ3v) is 2.89. The van der Waals surface area contributed by atoms with Gasteiger partial charge in [-0.1, -0.05) is 24.3 Å². The van der Waals surface area contributed by atoms with Gasteiger partial charge in [-0.15, -0.1) is 10.5 Å². The molecule has 0 atom stereocenters. The Bertz CT molecular complexity index is 641. The van der Waals surface area contributed by atoms with E-state index >= 15 is 0 Å². The van der Waals surface area contributed by atoms with E-state index in [9.17, 15) is 0 Å². The molecule has 0 aliphatic rings. The average Bonchev–Trinajstić information content (AvgIpc) is 2.48. The lowest BCUT2D eigenvalue weighted by molar-refractivity contribution is -0.499. The quantitative estimate of drug-likeness (QED) is 0.448. The molecule has 2 aromatic rings. The minimum atomic E-state index is 0.156. The molecule has 0 aromatic heterocycles. The predicted molar refractivity (Wildman–Crippen MR) is 94.1 cm³/mol. The van der Waals surface area contributed by atoms with Crippen LogP contribution in [0.25, 0.3) is 0 Å². The summed E-state index contributed by atoms with van der Waals surface area (Å²) in [7, 11) is 0. The van der Waals surface area contributed by atoms with E-state index < -0.39 is 0 Å². The van der Waals surface area contributed by atoms with E-state index in [4.69, 9.17) is 17.0 Å². The fourth-order valence-corrected chi connectivity index (χ4v) is 2.00. The van der Waals surface area contributed by atoms with Crippen molar-refractivity contribution >= 4 is 29.2 Å². The van der Waals surface area contributed by atoms with Gasteiger partial charge >= 0.3 is 0 Å². The molecule has 0 radical (unpaired) electrons.